The summed E-state index contributed by atoms with van der Waals surface area (Å²) in [5.74, 6) is -2.00. The highest BCUT2D eigenvalue weighted by molar-refractivity contribution is 6.21. The number of nitrogens with zero attached hydrogens (tertiary/aromatic N) is 1. The van der Waals surface area contributed by atoms with Crippen molar-refractivity contribution in [1.82, 2.24) is 10.3 Å². The second-order valence-electron chi connectivity index (χ2n) is 7.33. The molecule has 30 heavy (non-hydrogen) atoms. The van der Waals surface area contributed by atoms with Crippen LogP contribution < -0.4 is 10.2 Å². The Kier molecular flexibility index (Phi) is 5.03. The molecule has 0 aliphatic carbocycles. The summed E-state index contributed by atoms with van der Waals surface area (Å²) in [6.07, 6.45) is 1.63. The van der Waals surface area contributed by atoms with E-state index in [-0.39, 0.29) is 5.69 Å². The van der Waals surface area contributed by atoms with Gasteiger partial charge < -0.3 is 19.9 Å². The molecule has 1 aliphatic rings. The number of rotatable bonds is 6. The first-order valence-corrected chi connectivity index (χ1v) is 9.96. The normalized spacial score (nSPS) is 17.8. The summed E-state index contributed by atoms with van der Waals surface area (Å²) in [6, 6.07) is 15.9. The Morgan fingerprint density at radius 2 is 1.87 bits per heavy atom. The van der Waals surface area contributed by atoms with E-state index in [1.54, 1.807) is 37.4 Å². The number of esters is 1. The maximum atomic E-state index is 13.3. The lowest BCUT2D eigenvalue weighted by Gasteiger charge is -2.26. The summed E-state index contributed by atoms with van der Waals surface area (Å²) in [4.78, 5) is 43.9. The molecule has 3 aromatic rings. The molecule has 1 aromatic heterocycles. The second kappa shape index (κ2) is 7.67. The number of anilines is 1. The molecule has 0 spiro atoms. The smallest absolute Gasteiger partial charge is 0.356 e. The van der Waals surface area contributed by atoms with E-state index >= 15 is 0 Å². The molecule has 0 fully saturated rings. The van der Waals surface area contributed by atoms with Gasteiger partial charge in [0.15, 0.2) is 0 Å². The van der Waals surface area contributed by atoms with Crippen LogP contribution in [0.2, 0.25) is 0 Å². The fraction of sp³-hybridized carbons (Fsp3) is 0.261. The zero-order valence-electron chi connectivity index (χ0n) is 16.9. The molecule has 2 heterocycles. The number of carbonyl (C=O) groups is 3. The van der Waals surface area contributed by atoms with Crippen molar-refractivity contribution in [3.8, 4) is 0 Å². The average Bonchev–Trinajstić information content (AvgIpc) is 3.28. The number of aromatic nitrogens is 1. The molecule has 2 amide bonds. The van der Waals surface area contributed by atoms with E-state index in [0.717, 1.165) is 23.7 Å². The standard InChI is InChI=1S/C23H23N3O4/c1-3-4-13-24-21(28)23(16-10-6-8-12-19(16)26(2)22(23)29)30-20(27)18-14-15-9-5-7-11-17(15)25-18/h5-12,14,25H,3-4,13H2,1-2H3,(H,24,28). The third-order valence-electron chi connectivity index (χ3n) is 5.38. The van der Waals surface area contributed by atoms with E-state index in [2.05, 4.69) is 10.3 Å². The Labute approximate surface area is 174 Å². The first kappa shape index (κ1) is 19.7. The van der Waals surface area contributed by atoms with Crippen LogP contribution in [0.15, 0.2) is 54.6 Å². The predicted octanol–water partition coefficient (Wildman–Crippen LogP) is 3.11. The topological polar surface area (TPSA) is 91.5 Å². The molecule has 0 radical (unpaired) electrons. The van der Waals surface area contributed by atoms with Crippen molar-refractivity contribution in [1.29, 1.82) is 0 Å². The SMILES string of the molecule is CCCCNC(=O)C1(OC(=O)c2cc3ccccc3[nH]2)C(=O)N(C)c2ccccc21. The number of para-hydroxylation sites is 2. The Hall–Kier alpha value is -3.61. The van der Waals surface area contributed by atoms with Crippen molar-refractivity contribution in [2.75, 3.05) is 18.5 Å². The highest BCUT2D eigenvalue weighted by atomic mass is 16.6. The Balaban J connectivity index is 1.75. The number of unbranched alkanes of at least 4 members (excludes halogenated alkanes) is 1. The van der Waals surface area contributed by atoms with Gasteiger partial charge in [-0.1, -0.05) is 49.7 Å². The first-order chi connectivity index (χ1) is 14.5. The van der Waals surface area contributed by atoms with Gasteiger partial charge in [-0.3, -0.25) is 9.59 Å². The number of hydrogen-bond donors (Lipinski definition) is 2. The summed E-state index contributed by atoms with van der Waals surface area (Å²) < 4.78 is 5.74. The van der Waals surface area contributed by atoms with Gasteiger partial charge in [0, 0.05) is 30.1 Å². The van der Waals surface area contributed by atoms with Gasteiger partial charge >= 0.3 is 5.97 Å². The number of fused-ring (bicyclic) bond motifs is 2. The molecule has 2 N–H and O–H groups in total. The van der Waals surface area contributed by atoms with E-state index in [1.807, 2.05) is 31.2 Å². The maximum absolute atomic E-state index is 13.3. The molecule has 1 atom stereocenters. The largest absolute Gasteiger partial charge is 0.429 e. The van der Waals surface area contributed by atoms with Crippen LogP contribution in [-0.2, 0) is 19.9 Å². The van der Waals surface area contributed by atoms with Crippen LogP contribution in [-0.4, -0.2) is 36.4 Å². The summed E-state index contributed by atoms with van der Waals surface area (Å²) in [6.45, 7) is 2.39. The van der Waals surface area contributed by atoms with E-state index in [9.17, 15) is 14.4 Å². The molecule has 1 aliphatic heterocycles. The minimum Gasteiger partial charge on any atom is -0.429 e. The lowest BCUT2D eigenvalue weighted by atomic mass is 9.93. The zero-order valence-corrected chi connectivity index (χ0v) is 16.9. The van der Waals surface area contributed by atoms with Crippen LogP contribution in [0.4, 0.5) is 5.69 Å². The summed E-state index contributed by atoms with van der Waals surface area (Å²) in [5.41, 5.74) is -0.223. The number of likely N-dealkylation sites (N-methyl/N-ethyl adjacent to an activating group) is 1. The highest BCUT2D eigenvalue weighted by Gasteiger charge is 2.59. The van der Waals surface area contributed by atoms with Crippen LogP contribution in [0.5, 0.6) is 0 Å². The van der Waals surface area contributed by atoms with Crippen molar-refractivity contribution in [2.24, 2.45) is 0 Å². The number of aromatic amines is 1. The number of benzene rings is 2. The molecule has 0 saturated carbocycles. The van der Waals surface area contributed by atoms with Crippen molar-refractivity contribution in [3.05, 3.63) is 65.9 Å². The Bertz CT molecular complexity index is 1100. The number of H-pyrrole nitrogens is 1. The fourth-order valence-corrected chi connectivity index (χ4v) is 3.77. The number of ether oxygens (including phenoxy) is 1. The summed E-state index contributed by atoms with van der Waals surface area (Å²) >= 11 is 0. The number of carbonyl (C=O) groups excluding carboxylic acids is 3. The average molecular weight is 405 g/mol. The van der Waals surface area contributed by atoms with E-state index in [1.165, 1.54) is 4.90 Å². The third kappa shape index (κ3) is 3.03. The lowest BCUT2D eigenvalue weighted by molar-refractivity contribution is -0.152. The van der Waals surface area contributed by atoms with Crippen LogP contribution in [0.1, 0.15) is 35.8 Å². The monoisotopic (exact) mass is 405 g/mol. The molecule has 0 bridgehead atoms. The van der Waals surface area contributed by atoms with Crippen molar-refractivity contribution in [3.63, 3.8) is 0 Å². The van der Waals surface area contributed by atoms with Gasteiger partial charge in [0.05, 0.1) is 5.69 Å². The number of hydrogen-bond acceptors (Lipinski definition) is 4. The van der Waals surface area contributed by atoms with Gasteiger partial charge in [0.2, 0.25) is 0 Å². The van der Waals surface area contributed by atoms with Gasteiger partial charge in [-0.2, -0.15) is 0 Å². The van der Waals surface area contributed by atoms with E-state index in [0.29, 0.717) is 17.8 Å². The van der Waals surface area contributed by atoms with Gasteiger partial charge in [0.1, 0.15) is 5.69 Å². The Morgan fingerprint density at radius 1 is 1.13 bits per heavy atom. The minimum atomic E-state index is -2.06. The molecule has 2 aromatic carbocycles. The predicted molar refractivity (Wildman–Crippen MR) is 113 cm³/mol. The molecule has 0 saturated heterocycles. The first-order valence-electron chi connectivity index (χ1n) is 9.96. The van der Waals surface area contributed by atoms with Gasteiger partial charge in [-0.15, -0.1) is 0 Å². The van der Waals surface area contributed by atoms with Crippen LogP contribution in [0.3, 0.4) is 0 Å². The van der Waals surface area contributed by atoms with E-state index in [4.69, 9.17) is 4.74 Å². The van der Waals surface area contributed by atoms with Crippen LogP contribution in [0.25, 0.3) is 10.9 Å². The fourth-order valence-electron chi connectivity index (χ4n) is 3.77. The van der Waals surface area contributed by atoms with Crippen molar-refractivity contribution < 1.29 is 19.1 Å². The molecule has 4 rings (SSSR count). The number of nitrogens with one attached hydrogen (secondary N) is 2. The zero-order chi connectivity index (χ0) is 21.3. The highest BCUT2D eigenvalue weighted by Crippen LogP contribution is 2.42. The molecule has 1 unspecified atom stereocenters. The molecule has 7 nitrogen and oxygen atoms in total. The van der Waals surface area contributed by atoms with Gasteiger partial charge in [0.25, 0.3) is 17.4 Å². The van der Waals surface area contributed by atoms with Crippen molar-refractivity contribution >= 4 is 34.4 Å². The molecular weight excluding hydrogens is 382 g/mol. The lowest BCUT2D eigenvalue weighted by Crippen LogP contribution is -2.53. The Morgan fingerprint density at radius 3 is 2.63 bits per heavy atom. The molecule has 154 valence electrons. The maximum Gasteiger partial charge on any atom is 0.356 e. The molecular formula is C23H23N3O4. The summed E-state index contributed by atoms with van der Waals surface area (Å²) in [7, 11) is 1.57. The van der Waals surface area contributed by atoms with Gasteiger partial charge in [-0.25, -0.2) is 4.79 Å². The quantitative estimate of drug-likeness (QED) is 0.374. The third-order valence-corrected chi connectivity index (χ3v) is 5.38. The minimum absolute atomic E-state index is 0.178. The number of amides is 2. The van der Waals surface area contributed by atoms with Crippen LogP contribution >= 0.6 is 0 Å². The second-order valence-corrected chi connectivity index (χ2v) is 7.33. The van der Waals surface area contributed by atoms with E-state index < -0.39 is 23.4 Å². The van der Waals surface area contributed by atoms with Crippen LogP contribution in [0, 0.1) is 0 Å². The summed E-state index contributed by atoms with van der Waals surface area (Å²) in [5, 5.41) is 3.60. The molecule has 7 heteroatoms. The van der Waals surface area contributed by atoms with Crippen molar-refractivity contribution in [2.45, 2.75) is 25.4 Å². The van der Waals surface area contributed by atoms with Gasteiger partial charge in [-0.05, 0) is 24.6 Å².